The number of aryl methyl sites for hydroxylation is 1. The fourth-order valence-corrected chi connectivity index (χ4v) is 2.42. The predicted octanol–water partition coefficient (Wildman–Crippen LogP) is 6.30. The summed E-state index contributed by atoms with van der Waals surface area (Å²) in [6.07, 6.45) is 1.02. The van der Waals surface area contributed by atoms with Crippen LogP contribution in [0.4, 0.5) is 0 Å². The summed E-state index contributed by atoms with van der Waals surface area (Å²) in [5.74, 6) is 0. The van der Waals surface area contributed by atoms with E-state index in [2.05, 4.69) is 75.9 Å². The fourth-order valence-electron chi connectivity index (χ4n) is 2.42. The maximum atomic E-state index is 4.32. The van der Waals surface area contributed by atoms with Crippen molar-refractivity contribution in [3.63, 3.8) is 0 Å². The van der Waals surface area contributed by atoms with Crippen LogP contribution in [0.5, 0.6) is 0 Å². The molecule has 0 nitrogen and oxygen atoms in total. The zero-order valence-corrected chi connectivity index (χ0v) is 14.1. The van der Waals surface area contributed by atoms with Crippen molar-refractivity contribution in [2.24, 2.45) is 5.41 Å². The molecule has 0 atom stereocenters. The molecule has 0 aliphatic rings. The van der Waals surface area contributed by atoms with Gasteiger partial charge < -0.3 is 0 Å². The van der Waals surface area contributed by atoms with Gasteiger partial charge in [0.25, 0.3) is 0 Å². The van der Waals surface area contributed by atoms with Crippen molar-refractivity contribution in [1.82, 2.24) is 0 Å². The Labute approximate surface area is 130 Å². The molecule has 0 aliphatic heterocycles. The number of allylic oxidation sites excluding steroid dienone is 1. The first-order chi connectivity index (χ1) is 10.0. The second-order valence-electron chi connectivity index (χ2n) is 5.83. The molecule has 0 fully saturated rings. The Balaban J connectivity index is 0.00000106. The standard InChI is InChI=1S/C19H22.C2H6/c1-15-10-8-9-13-18(15)14-19(3,4)16(2)17-11-6-5-7-12-17;1-2/h5-13H,2,14H2,1,3-4H3;1-2H3. The van der Waals surface area contributed by atoms with Crippen molar-refractivity contribution >= 4 is 5.57 Å². The highest BCUT2D eigenvalue weighted by molar-refractivity contribution is 5.68. The normalized spacial score (nSPS) is 10.5. The molecule has 0 amide bonds. The maximum absolute atomic E-state index is 4.32. The summed E-state index contributed by atoms with van der Waals surface area (Å²) in [4.78, 5) is 0. The molecule has 0 N–H and O–H groups in total. The predicted molar refractivity (Wildman–Crippen MR) is 95.5 cm³/mol. The lowest BCUT2D eigenvalue weighted by Crippen LogP contribution is -2.17. The number of benzene rings is 2. The number of hydrogen-bond acceptors (Lipinski definition) is 0. The van der Waals surface area contributed by atoms with Gasteiger partial charge in [0.05, 0.1) is 0 Å². The van der Waals surface area contributed by atoms with Crippen LogP contribution in [0.3, 0.4) is 0 Å². The Kier molecular flexibility index (Phi) is 6.42. The molecule has 112 valence electrons. The summed E-state index contributed by atoms with van der Waals surface area (Å²) in [5.41, 5.74) is 5.27. The lowest BCUT2D eigenvalue weighted by molar-refractivity contribution is 0.498. The summed E-state index contributed by atoms with van der Waals surface area (Å²) >= 11 is 0. The van der Waals surface area contributed by atoms with Gasteiger partial charge in [-0.2, -0.15) is 0 Å². The van der Waals surface area contributed by atoms with Gasteiger partial charge in [0, 0.05) is 0 Å². The Morgan fingerprint density at radius 2 is 1.43 bits per heavy atom. The molecule has 0 radical (unpaired) electrons. The highest BCUT2D eigenvalue weighted by Gasteiger charge is 2.23. The third-order valence-electron chi connectivity index (χ3n) is 3.83. The van der Waals surface area contributed by atoms with Crippen LogP contribution in [0.2, 0.25) is 0 Å². The van der Waals surface area contributed by atoms with E-state index < -0.39 is 0 Å². The van der Waals surface area contributed by atoms with E-state index in [4.69, 9.17) is 0 Å². The first kappa shape index (κ1) is 17.2. The highest BCUT2D eigenvalue weighted by Crippen LogP contribution is 2.36. The van der Waals surface area contributed by atoms with E-state index in [0.717, 1.165) is 6.42 Å². The molecule has 2 aromatic carbocycles. The van der Waals surface area contributed by atoms with Crippen molar-refractivity contribution in [2.45, 2.75) is 41.0 Å². The minimum atomic E-state index is 0.0630. The zero-order chi connectivity index (χ0) is 15.9. The average Bonchev–Trinajstić information content (AvgIpc) is 2.51. The zero-order valence-electron chi connectivity index (χ0n) is 14.1. The van der Waals surface area contributed by atoms with Crippen LogP contribution in [-0.2, 0) is 6.42 Å². The van der Waals surface area contributed by atoms with Crippen LogP contribution in [0.15, 0.2) is 61.2 Å². The molecule has 21 heavy (non-hydrogen) atoms. The van der Waals surface area contributed by atoms with Gasteiger partial charge >= 0.3 is 0 Å². The van der Waals surface area contributed by atoms with Crippen molar-refractivity contribution < 1.29 is 0 Å². The molecule has 0 spiro atoms. The van der Waals surface area contributed by atoms with Gasteiger partial charge in [-0.25, -0.2) is 0 Å². The van der Waals surface area contributed by atoms with Gasteiger partial charge in [0.2, 0.25) is 0 Å². The van der Waals surface area contributed by atoms with Gasteiger partial charge in [-0.15, -0.1) is 0 Å². The Morgan fingerprint density at radius 1 is 0.905 bits per heavy atom. The molecule has 0 saturated heterocycles. The smallest absolute Gasteiger partial charge is 0.00630 e. The van der Waals surface area contributed by atoms with Crippen LogP contribution in [0, 0.1) is 12.3 Å². The molecule has 0 heteroatoms. The van der Waals surface area contributed by atoms with Crippen LogP contribution in [0.25, 0.3) is 5.57 Å². The first-order valence-corrected chi connectivity index (χ1v) is 7.80. The Hall–Kier alpha value is -1.82. The van der Waals surface area contributed by atoms with Crippen LogP contribution >= 0.6 is 0 Å². The second kappa shape index (κ2) is 7.83. The second-order valence-corrected chi connectivity index (χ2v) is 5.83. The lowest BCUT2D eigenvalue weighted by Gasteiger charge is -2.28. The van der Waals surface area contributed by atoms with Crippen molar-refractivity contribution in [3.8, 4) is 0 Å². The minimum absolute atomic E-state index is 0.0630. The first-order valence-electron chi connectivity index (χ1n) is 7.80. The lowest BCUT2D eigenvalue weighted by atomic mass is 9.76. The summed E-state index contributed by atoms with van der Waals surface area (Å²) in [5, 5.41) is 0. The topological polar surface area (TPSA) is 0 Å². The van der Waals surface area contributed by atoms with E-state index in [9.17, 15) is 0 Å². The summed E-state index contributed by atoms with van der Waals surface area (Å²) in [6, 6.07) is 19.1. The van der Waals surface area contributed by atoms with E-state index in [1.54, 1.807) is 0 Å². The molecule has 2 aromatic rings. The molecule has 0 aromatic heterocycles. The molecule has 2 rings (SSSR count). The van der Waals surface area contributed by atoms with Crippen LogP contribution in [0.1, 0.15) is 44.4 Å². The highest BCUT2D eigenvalue weighted by atomic mass is 14.3. The third-order valence-corrected chi connectivity index (χ3v) is 3.83. The minimum Gasteiger partial charge on any atom is -0.0947 e. The molecule has 0 aliphatic carbocycles. The fraction of sp³-hybridized carbons (Fsp3) is 0.333. The summed E-state index contributed by atoms with van der Waals surface area (Å²) in [6.45, 7) is 15.0. The molecule has 0 unspecified atom stereocenters. The summed E-state index contributed by atoms with van der Waals surface area (Å²) in [7, 11) is 0. The van der Waals surface area contributed by atoms with Crippen LogP contribution in [-0.4, -0.2) is 0 Å². The quantitative estimate of drug-likeness (QED) is 0.616. The van der Waals surface area contributed by atoms with Gasteiger partial charge in [0.1, 0.15) is 0 Å². The monoisotopic (exact) mass is 280 g/mol. The van der Waals surface area contributed by atoms with E-state index in [1.807, 2.05) is 19.9 Å². The van der Waals surface area contributed by atoms with Gasteiger partial charge in [-0.05, 0) is 41.0 Å². The van der Waals surface area contributed by atoms with Crippen molar-refractivity contribution in [3.05, 3.63) is 77.9 Å². The molecular weight excluding hydrogens is 252 g/mol. The third kappa shape index (κ3) is 4.60. The summed E-state index contributed by atoms with van der Waals surface area (Å²) < 4.78 is 0. The number of hydrogen-bond donors (Lipinski definition) is 0. The van der Waals surface area contributed by atoms with Gasteiger partial charge in [0.15, 0.2) is 0 Å². The van der Waals surface area contributed by atoms with Gasteiger partial charge in [-0.1, -0.05) is 88.9 Å². The molecular formula is C21H28. The molecule has 0 heterocycles. The van der Waals surface area contributed by atoms with Crippen LogP contribution < -0.4 is 0 Å². The Bertz CT molecular complexity index is 562. The number of rotatable bonds is 4. The van der Waals surface area contributed by atoms with Crippen molar-refractivity contribution in [2.75, 3.05) is 0 Å². The molecule has 0 bridgehead atoms. The van der Waals surface area contributed by atoms with E-state index in [1.165, 1.54) is 22.3 Å². The SMILES string of the molecule is C=C(c1ccccc1)C(C)(C)Cc1ccccc1C.CC. The largest absolute Gasteiger partial charge is 0.0947 e. The van der Waals surface area contributed by atoms with E-state index in [-0.39, 0.29) is 5.41 Å². The Morgan fingerprint density at radius 3 is 2.00 bits per heavy atom. The van der Waals surface area contributed by atoms with Crippen molar-refractivity contribution in [1.29, 1.82) is 0 Å². The maximum Gasteiger partial charge on any atom is -0.00630 e. The van der Waals surface area contributed by atoms with E-state index >= 15 is 0 Å². The van der Waals surface area contributed by atoms with Gasteiger partial charge in [-0.3, -0.25) is 0 Å². The molecule has 0 saturated carbocycles. The average molecular weight is 280 g/mol. The van der Waals surface area contributed by atoms with E-state index in [0.29, 0.717) is 0 Å².